The van der Waals surface area contributed by atoms with Crippen LogP contribution in [0.5, 0.6) is 0 Å². The van der Waals surface area contributed by atoms with E-state index < -0.39 is 10.0 Å². The lowest BCUT2D eigenvalue weighted by Crippen LogP contribution is -2.39. The summed E-state index contributed by atoms with van der Waals surface area (Å²) in [6.45, 7) is 6.19. The molecule has 0 amide bonds. The molecule has 0 fully saturated rings. The largest absolute Gasteiger partial charge is 0.357 e. The van der Waals surface area contributed by atoms with Gasteiger partial charge in [-0.1, -0.05) is 13.0 Å². The van der Waals surface area contributed by atoms with Gasteiger partial charge in [-0.2, -0.15) is 0 Å². The van der Waals surface area contributed by atoms with Crippen molar-refractivity contribution in [2.45, 2.75) is 30.9 Å². The third-order valence-electron chi connectivity index (χ3n) is 3.36. The van der Waals surface area contributed by atoms with E-state index in [1.807, 2.05) is 13.1 Å². The van der Waals surface area contributed by atoms with Crippen molar-refractivity contribution in [2.75, 3.05) is 26.2 Å². The van der Waals surface area contributed by atoms with Gasteiger partial charge in [-0.15, -0.1) is 46.7 Å². The maximum Gasteiger partial charge on any atom is 0.250 e. The quantitative estimate of drug-likeness (QED) is 0.185. The van der Waals surface area contributed by atoms with Gasteiger partial charge in [0.25, 0.3) is 0 Å². The van der Waals surface area contributed by atoms with E-state index in [2.05, 4.69) is 32.3 Å². The molecule has 3 N–H and O–H groups in total. The number of nitrogens with zero attached hydrogens (tertiary/aromatic N) is 2. The third-order valence-corrected chi connectivity index (χ3v) is 7.42. The summed E-state index contributed by atoms with van der Waals surface area (Å²) in [6, 6.07) is 3.31. The average molecular weight is 544 g/mol. The average Bonchev–Trinajstić information content (AvgIpc) is 3.30. The van der Waals surface area contributed by atoms with Crippen molar-refractivity contribution in [3.05, 3.63) is 33.6 Å². The first-order valence-electron chi connectivity index (χ1n) is 8.54. The molecule has 2 heterocycles. The highest BCUT2D eigenvalue weighted by Gasteiger charge is 2.13. The van der Waals surface area contributed by atoms with Gasteiger partial charge in [0.05, 0.1) is 11.6 Å². The molecule has 0 radical (unpaired) electrons. The predicted molar refractivity (Wildman–Crippen MR) is 124 cm³/mol. The highest BCUT2D eigenvalue weighted by molar-refractivity contribution is 14.0. The Hall–Kier alpha value is -0.760. The van der Waals surface area contributed by atoms with Crippen molar-refractivity contribution < 1.29 is 8.42 Å². The Morgan fingerprint density at radius 1 is 1.26 bits per heavy atom. The summed E-state index contributed by atoms with van der Waals surface area (Å²) in [5, 5.41) is 9.26. The molecule has 0 saturated heterocycles. The summed E-state index contributed by atoms with van der Waals surface area (Å²) in [4.78, 5) is 10.1. The van der Waals surface area contributed by atoms with Crippen molar-refractivity contribution in [1.82, 2.24) is 20.3 Å². The van der Waals surface area contributed by atoms with Gasteiger partial charge in [0.15, 0.2) is 5.96 Å². The van der Waals surface area contributed by atoms with E-state index in [9.17, 15) is 8.42 Å². The molecule has 0 aromatic carbocycles. The minimum atomic E-state index is -3.43. The van der Waals surface area contributed by atoms with Crippen LogP contribution in [0.2, 0.25) is 0 Å². The lowest BCUT2D eigenvalue weighted by atomic mass is 10.4. The second-order valence-electron chi connectivity index (χ2n) is 5.34. The number of thiophene rings is 1. The fourth-order valence-electron chi connectivity index (χ4n) is 2.09. The Bertz CT molecular complexity index is 791. The van der Waals surface area contributed by atoms with Gasteiger partial charge in [-0.25, -0.2) is 18.1 Å². The zero-order chi connectivity index (χ0) is 18.8. The normalized spacial score (nSPS) is 11.9. The Kier molecular flexibility index (Phi) is 11.4. The van der Waals surface area contributed by atoms with Crippen LogP contribution in [0.1, 0.15) is 23.7 Å². The molecular formula is C16H26IN5O2S3. The van der Waals surface area contributed by atoms with Gasteiger partial charge in [0.1, 0.15) is 4.21 Å². The zero-order valence-electron chi connectivity index (χ0n) is 15.4. The molecule has 0 aliphatic rings. The van der Waals surface area contributed by atoms with Crippen LogP contribution in [0, 0.1) is 0 Å². The molecule has 0 unspecified atom stereocenters. The van der Waals surface area contributed by atoms with Crippen molar-refractivity contribution in [3.63, 3.8) is 0 Å². The molecule has 27 heavy (non-hydrogen) atoms. The molecule has 7 nitrogen and oxygen atoms in total. The first-order chi connectivity index (χ1) is 12.5. The molecule has 2 rings (SSSR count). The zero-order valence-corrected chi connectivity index (χ0v) is 20.2. The Balaban J connectivity index is 0.00000364. The third kappa shape index (κ3) is 8.42. The van der Waals surface area contributed by atoms with Crippen LogP contribution in [0.3, 0.4) is 0 Å². The fourth-order valence-corrected chi connectivity index (χ4v) is 5.01. The van der Waals surface area contributed by atoms with E-state index in [0.29, 0.717) is 16.7 Å². The highest BCUT2D eigenvalue weighted by atomic mass is 127. The number of guanidine groups is 1. The Morgan fingerprint density at radius 2 is 2.07 bits per heavy atom. The molecule has 0 bridgehead atoms. The van der Waals surface area contributed by atoms with Gasteiger partial charge in [-0.05, 0) is 24.8 Å². The number of hydrogen-bond donors (Lipinski definition) is 3. The van der Waals surface area contributed by atoms with Crippen molar-refractivity contribution in [2.24, 2.45) is 4.99 Å². The summed E-state index contributed by atoms with van der Waals surface area (Å²) in [5.74, 6) is 0.676. The molecule has 2 aromatic heterocycles. The van der Waals surface area contributed by atoms with Gasteiger partial charge in [0.2, 0.25) is 10.0 Å². The van der Waals surface area contributed by atoms with E-state index in [0.717, 1.165) is 30.9 Å². The predicted octanol–water partition coefficient (Wildman–Crippen LogP) is 2.46. The highest BCUT2D eigenvalue weighted by Crippen LogP contribution is 2.15. The second kappa shape index (κ2) is 12.6. The fraction of sp³-hybridized carbons (Fsp3) is 0.500. The number of nitrogens with one attached hydrogen (secondary N) is 3. The first-order valence-corrected chi connectivity index (χ1v) is 11.7. The Labute approximate surface area is 186 Å². The van der Waals surface area contributed by atoms with Crippen LogP contribution in [0.25, 0.3) is 0 Å². The Morgan fingerprint density at radius 3 is 2.70 bits per heavy atom. The number of aromatic nitrogens is 1. The molecule has 2 aromatic rings. The molecule has 0 atom stereocenters. The van der Waals surface area contributed by atoms with E-state index >= 15 is 0 Å². The van der Waals surface area contributed by atoms with Crippen LogP contribution in [0.4, 0.5) is 0 Å². The van der Waals surface area contributed by atoms with E-state index in [-0.39, 0.29) is 30.5 Å². The van der Waals surface area contributed by atoms with Crippen molar-refractivity contribution >= 4 is 62.6 Å². The van der Waals surface area contributed by atoms with E-state index in [1.54, 1.807) is 28.8 Å². The molecule has 0 aliphatic heterocycles. The minimum absolute atomic E-state index is 0. The van der Waals surface area contributed by atoms with Crippen LogP contribution < -0.4 is 15.4 Å². The van der Waals surface area contributed by atoms with Gasteiger partial charge in [0, 0.05) is 37.1 Å². The summed E-state index contributed by atoms with van der Waals surface area (Å²) in [7, 11) is -3.43. The summed E-state index contributed by atoms with van der Waals surface area (Å²) in [5.41, 5.74) is 0. The van der Waals surface area contributed by atoms with Crippen LogP contribution in [-0.2, 0) is 22.9 Å². The second-order valence-corrected chi connectivity index (χ2v) is 9.48. The summed E-state index contributed by atoms with van der Waals surface area (Å²) < 4.78 is 26.9. The molecule has 0 saturated carbocycles. The van der Waals surface area contributed by atoms with Crippen LogP contribution >= 0.6 is 46.7 Å². The van der Waals surface area contributed by atoms with Gasteiger partial charge >= 0.3 is 0 Å². The first kappa shape index (κ1) is 24.3. The maximum atomic E-state index is 12.0. The van der Waals surface area contributed by atoms with E-state index in [1.165, 1.54) is 16.2 Å². The number of aryl methyl sites for hydroxylation is 1. The van der Waals surface area contributed by atoms with E-state index in [4.69, 9.17) is 0 Å². The maximum absolute atomic E-state index is 12.0. The van der Waals surface area contributed by atoms with Gasteiger partial charge in [-0.3, -0.25) is 4.99 Å². The molecule has 0 aliphatic carbocycles. The number of thiazole rings is 1. The number of aliphatic imine (C=N–C) groups is 1. The molecular weight excluding hydrogens is 517 g/mol. The van der Waals surface area contributed by atoms with Crippen molar-refractivity contribution in [3.8, 4) is 0 Å². The lowest BCUT2D eigenvalue weighted by molar-refractivity contribution is 0.584. The number of sulfonamides is 1. The number of hydrogen-bond acceptors (Lipinski definition) is 6. The summed E-state index contributed by atoms with van der Waals surface area (Å²) >= 11 is 2.93. The van der Waals surface area contributed by atoms with Crippen LogP contribution in [-0.4, -0.2) is 45.5 Å². The number of halogens is 1. The monoisotopic (exact) mass is 543 g/mol. The molecule has 0 spiro atoms. The van der Waals surface area contributed by atoms with Crippen LogP contribution in [0.15, 0.2) is 32.9 Å². The molecule has 11 heteroatoms. The number of rotatable bonds is 10. The smallest absolute Gasteiger partial charge is 0.250 e. The molecule has 152 valence electrons. The SMILES string of the molecule is CCNC(=NCCNS(=O)(=O)c1cccs1)NCCc1ncc(CC)s1.I. The standard InChI is InChI=1S/C16H25N5O2S3.HI/c1-3-13-12-20-14(25-13)7-8-18-16(17-4-2)19-9-10-21-26(22,23)15-6-5-11-24-15;/h5-6,11-12,21H,3-4,7-10H2,1-2H3,(H2,17,18,19);1H. The lowest BCUT2D eigenvalue weighted by Gasteiger charge is -2.10. The summed E-state index contributed by atoms with van der Waals surface area (Å²) in [6.07, 6.45) is 3.77. The van der Waals surface area contributed by atoms with Crippen molar-refractivity contribution in [1.29, 1.82) is 0 Å². The topological polar surface area (TPSA) is 95.5 Å². The van der Waals surface area contributed by atoms with Gasteiger partial charge < -0.3 is 10.6 Å². The minimum Gasteiger partial charge on any atom is -0.357 e.